The zero-order valence-corrected chi connectivity index (χ0v) is 14.7. The average molecular weight is 332 g/mol. The molecule has 0 aliphatic heterocycles. The Morgan fingerprint density at radius 3 is 2.58 bits per heavy atom. The molecular formula is C20H28O4. The first-order valence-electron chi connectivity index (χ1n) is 9.32. The van der Waals surface area contributed by atoms with Crippen molar-refractivity contribution in [3.8, 4) is 0 Å². The molecule has 4 aliphatic carbocycles. The number of carbonyl (C=O) groups is 2. The minimum atomic E-state index is -0.713. The fraction of sp³-hybridized carbons (Fsp3) is 0.800. The Bertz CT molecular complexity index is 640. The van der Waals surface area contributed by atoms with Gasteiger partial charge in [0, 0.05) is 11.3 Å². The number of aliphatic hydroxyl groups is 1. The van der Waals surface area contributed by atoms with Crippen molar-refractivity contribution in [1.82, 2.24) is 0 Å². The van der Waals surface area contributed by atoms with E-state index in [1.807, 2.05) is 6.92 Å². The van der Waals surface area contributed by atoms with E-state index in [1.54, 1.807) is 0 Å². The van der Waals surface area contributed by atoms with Gasteiger partial charge in [0.15, 0.2) is 5.78 Å². The second-order valence-electron chi connectivity index (χ2n) is 9.35. The van der Waals surface area contributed by atoms with Gasteiger partial charge >= 0.3 is 5.97 Å². The van der Waals surface area contributed by atoms with E-state index in [1.165, 1.54) is 0 Å². The molecule has 4 heteroatoms. The van der Waals surface area contributed by atoms with Gasteiger partial charge in [-0.3, -0.25) is 9.59 Å². The Morgan fingerprint density at radius 2 is 1.92 bits per heavy atom. The van der Waals surface area contributed by atoms with Crippen LogP contribution in [0, 0.1) is 34.0 Å². The summed E-state index contributed by atoms with van der Waals surface area (Å²) in [6, 6.07) is 0. The molecule has 0 aromatic heterocycles. The number of carbonyl (C=O) groups excluding carboxylic acids is 1. The van der Waals surface area contributed by atoms with Crippen LogP contribution in [-0.2, 0) is 9.59 Å². The van der Waals surface area contributed by atoms with Crippen LogP contribution in [0.25, 0.3) is 0 Å². The maximum absolute atomic E-state index is 13.1. The summed E-state index contributed by atoms with van der Waals surface area (Å²) < 4.78 is 0. The van der Waals surface area contributed by atoms with Gasteiger partial charge in [-0.05, 0) is 68.3 Å². The van der Waals surface area contributed by atoms with Crippen LogP contribution >= 0.6 is 0 Å². The molecule has 0 saturated heterocycles. The Kier molecular flexibility index (Phi) is 3.21. The van der Waals surface area contributed by atoms with Crippen molar-refractivity contribution < 1.29 is 19.8 Å². The van der Waals surface area contributed by atoms with Crippen LogP contribution in [0.5, 0.6) is 0 Å². The molecule has 0 radical (unpaired) electrons. The minimum absolute atomic E-state index is 0.0802. The molecule has 4 nitrogen and oxygen atoms in total. The third-order valence-corrected chi connectivity index (χ3v) is 8.52. The fourth-order valence-electron chi connectivity index (χ4n) is 7.32. The van der Waals surface area contributed by atoms with Gasteiger partial charge in [-0.25, -0.2) is 0 Å². The van der Waals surface area contributed by atoms with Crippen LogP contribution in [0.3, 0.4) is 0 Å². The van der Waals surface area contributed by atoms with Crippen molar-refractivity contribution in [3.05, 3.63) is 12.2 Å². The third kappa shape index (κ3) is 1.68. The van der Waals surface area contributed by atoms with E-state index in [0.717, 1.165) is 32.1 Å². The van der Waals surface area contributed by atoms with Gasteiger partial charge in [0.25, 0.3) is 0 Å². The first-order valence-corrected chi connectivity index (χ1v) is 9.32. The summed E-state index contributed by atoms with van der Waals surface area (Å²) in [7, 11) is 0. The third-order valence-electron chi connectivity index (χ3n) is 8.52. The lowest BCUT2D eigenvalue weighted by atomic mass is 9.40. The summed E-state index contributed by atoms with van der Waals surface area (Å²) in [5.74, 6) is -0.455. The average Bonchev–Trinajstić information content (AvgIpc) is 2.73. The van der Waals surface area contributed by atoms with Gasteiger partial charge < -0.3 is 10.2 Å². The van der Waals surface area contributed by atoms with Gasteiger partial charge in [0.2, 0.25) is 0 Å². The summed E-state index contributed by atoms with van der Waals surface area (Å²) in [4.78, 5) is 25.1. The smallest absolute Gasteiger partial charge is 0.309 e. The van der Waals surface area contributed by atoms with Crippen molar-refractivity contribution >= 4 is 11.8 Å². The zero-order chi connectivity index (χ0) is 17.5. The predicted molar refractivity (Wildman–Crippen MR) is 89.2 cm³/mol. The zero-order valence-electron chi connectivity index (χ0n) is 14.7. The van der Waals surface area contributed by atoms with E-state index in [2.05, 4.69) is 13.5 Å². The summed E-state index contributed by atoms with van der Waals surface area (Å²) in [5.41, 5.74) is -0.669. The van der Waals surface area contributed by atoms with Gasteiger partial charge in [0.1, 0.15) is 0 Å². The molecule has 1 spiro atoms. The molecule has 2 N–H and O–H groups in total. The number of ketones is 1. The normalized spacial score (nSPS) is 53.5. The maximum atomic E-state index is 13.1. The molecule has 4 rings (SSSR count). The standard InChI is InChI=1S/C20H28O4/c1-11-12-10-20(16(11)22)8-5-14-18(2,15(20)9-13(12)21)6-4-7-19(14,3)17(23)24/h12-15,21H,1,4-10H2,2-3H3,(H,23,24)/t12-,13-,14+,15+,18-,19-,20-/m1/s1. The van der Waals surface area contributed by atoms with Crippen molar-refractivity contribution in [2.24, 2.45) is 34.0 Å². The molecule has 4 saturated carbocycles. The lowest BCUT2D eigenvalue weighted by Gasteiger charge is -2.62. The van der Waals surface area contributed by atoms with E-state index in [-0.39, 0.29) is 34.4 Å². The van der Waals surface area contributed by atoms with E-state index in [9.17, 15) is 19.8 Å². The summed E-state index contributed by atoms with van der Waals surface area (Å²) in [5, 5.41) is 20.5. The van der Waals surface area contributed by atoms with E-state index in [4.69, 9.17) is 0 Å². The molecule has 7 atom stereocenters. The van der Waals surface area contributed by atoms with Gasteiger partial charge in [-0.1, -0.05) is 19.9 Å². The largest absolute Gasteiger partial charge is 0.481 e. The molecule has 24 heavy (non-hydrogen) atoms. The number of fused-ring (bicyclic) bond motifs is 3. The van der Waals surface area contributed by atoms with Gasteiger partial charge in [-0.15, -0.1) is 0 Å². The van der Waals surface area contributed by atoms with Crippen LogP contribution in [-0.4, -0.2) is 28.1 Å². The summed E-state index contributed by atoms with van der Waals surface area (Å²) in [6.45, 7) is 8.09. The van der Waals surface area contributed by atoms with Crippen LogP contribution in [0.1, 0.15) is 58.8 Å². The maximum Gasteiger partial charge on any atom is 0.309 e. The van der Waals surface area contributed by atoms with E-state index in [0.29, 0.717) is 18.4 Å². The topological polar surface area (TPSA) is 74.6 Å². The van der Waals surface area contributed by atoms with Crippen molar-refractivity contribution in [2.45, 2.75) is 64.9 Å². The van der Waals surface area contributed by atoms with E-state index >= 15 is 0 Å². The summed E-state index contributed by atoms with van der Waals surface area (Å²) >= 11 is 0. The second-order valence-corrected chi connectivity index (χ2v) is 9.35. The highest BCUT2D eigenvalue weighted by atomic mass is 16.4. The Balaban J connectivity index is 1.81. The predicted octanol–water partition coefficient (Wildman–Crippen LogP) is 3.19. The molecule has 0 aromatic carbocycles. The van der Waals surface area contributed by atoms with Crippen molar-refractivity contribution in [3.63, 3.8) is 0 Å². The quantitative estimate of drug-likeness (QED) is 0.723. The Morgan fingerprint density at radius 1 is 1.21 bits per heavy atom. The lowest BCUT2D eigenvalue weighted by molar-refractivity contribution is -0.187. The monoisotopic (exact) mass is 332 g/mol. The number of aliphatic carboxylic acids is 1. The summed E-state index contributed by atoms with van der Waals surface area (Å²) in [6.07, 6.45) is 4.98. The molecule has 4 aliphatic rings. The second kappa shape index (κ2) is 4.72. The van der Waals surface area contributed by atoms with Crippen LogP contribution in [0.4, 0.5) is 0 Å². The molecule has 132 valence electrons. The highest BCUT2D eigenvalue weighted by Gasteiger charge is 2.69. The van der Waals surface area contributed by atoms with E-state index < -0.39 is 17.5 Å². The van der Waals surface area contributed by atoms with Crippen LogP contribution < -0.4 is 0 Å². The van der Waals surface area contributed by atoms with Crippen molar-refractivity contribution in [1.29, 1.82) is 0 Å². The minimum Gasteiger partial charge on any atom is -0.481 e. The highest BCUT2D eigenvalue weighted by Crippen LogP contribution is 2.71. The first kappa shape index (κ1) is 16.3. The molecule has 2 bridgehead atoms. The van der Waals surface area contributed by atoms with Gasteiger partial charge in [-0.2, -0.15) is 0 Å². The molecular weight excluding hydrogens is 304 g/mol. The molecule has 4 fully saturated rings. The lowest BCUT2D eigenvalue weighted by Crippen LogP contribution is -2.60. The number of hydrogen-bond donors (Lipinski definition) is 2. The SMILES string of the molecule is C=C1C(=O)[C@@]23CC[C@H]4[C@@](C)(CCC[C@@]4(C)C(=O)O)[C@@H]2C[C@@H](O)[C@@H]1C3. The number of hydrogen-bond acceptors (Lipinski definition) is 3. The number of rotatable bonds is 1. The first-order chi connectivity index (χ1) is 11.2. The van der Waals surface area contributed by atoms with Gasteiger partial charge in [0.05, 0.1) is 11.5 Å². The van der Waals surface area contributed by atoms with Crippen LogP contribution in [0.15, 0.2) is 12.2 Å². The fourth-order valence-corrected chi connectivity index (χ4v) is 7.32. The molecule has 0 unspecified atom stereocenters. The molecule has 0 amide bonds. The number of carboxylic acid groups (broad SMARTS) is 1. The number of aliphatic hydroxyl groups excluding tert-OH is 1. The van der Waals surface area contributed by atoms with Crippen LogP contribution in [0.2, 0.25) is 0 Å². The Hall–Kier alpha value is -1.16. The highest BCUT2D eigenvalue weighted by molar-refractivity contribution is 6.03. The molecule has 0 heterocycles. The van der Waals surface area contributed by atoms with Crippen molar-refractivity contribution in [2.75, 3.05) is 0 Å². The Labute approximate surface area is 143 Å². The number of carboxylic acids is 1. The molecule has 0 aromatic rings. The number of Topliss-reactive ketones (excluding diaryl/α,β-unsaturated/α-hetero) is 1.